The number of esters is 1. The molecule has 1 atom stereocenters. The monoisotopic (exact) mass is 218 g/mol. The third-order valence-corrected chi connectivity index (χ3v) is 2.88. The number of carbonyl (C=O) groups excluding carboxylic acids is 1. The topological polar surface area (TPSA) is 29.5 Å². The average Bonchev–Trinajstić information content (AvgIpc) is 2.30. The van der Waals surface area contributed by atoms with Crippen molar-refractivity contribution in [2.45, 2.75) is 20.0 Å². The van der Waals surface area contributed by atoms with Gasteiger partial charge in [0.25, 0.3) is 0 Å². The lowest BCUT2D eigenvalue weighted by atomic mass is 9.96. The molecule has 0 radical (unpaired) electrons. The molecular weight excluding hydrogens is 202 g/mol. The van der Waals surface area contributed by atoms with Crippen LogP contribution in [0.25, 0.3) is 0 Å². The van der Waals surface area contributed by atoms with E-state index in [2.05, 4.69) is 24.8 Å². The molecule has 16 heavy (non-hydrogen) atoms. The molecular formula is C13H16NO2+. The van der Waals surface area contributed by atoms with Crippen LogP contribution in [0, 0.1) is 6.42 Å². The van der Waals surface area contributed by atoms with Gasteiger partial charge in [0.05, 0.1) is 6.08 Å². The highest BCUT2D eigenvalue weighted by Crippen LogP contribution is 2.26. The quantitative estimate of drug-likeness (QED) is 0.534. The first-order valence-electron chi connectivity index (χ1n) is 5.65. The summed E-state index contributed by atoms with van der Waals surface area (Å²) in [5.74, 6) is -0.265. The van der Waals surface area contributed by atoms with Crippen LogP contribution in [0.3, 0.4) is 0 Å². The van der Waals surface area contributed by atoms with Crippen molar-refractivity contribution in [3.63, 3.8) is 0 Å². The third kappa shape index (κ3) is 1.98. The summed E-state index contributed by atoms with van der Waals surface area (Å²) in [7, 11) is 0. The van der Waals surface area contributed by atoms with Crippen molar-refractivity contribution in [1.29, 1.82) is 0 Å². The fraction of sp³-hybridized carbons (Fsp3) is 0.385. The lowest BCUT2D eigenvalue weighted by Crippen LogP contribution is -2.31. The molecule has 3 nitrogen and oxygen atoms in total. The van der Waals surface area contributed by atoms with Crippen LogP contribution < -0.4 is 0 Å². The maximum Gasteiger partial charge on any atom is 0.333 e. The van der Waals surface area contributed by atoms with E-state index < -0.39 is 0 Å². The van der Waals surface area contributed by atoms with Gasteiger partial charge in [-0.1, -0.05) is 0 Å². The molecule has 0 aromatic rings. The van der Waals surface area contributed by atoms with Gasteiger partial charge in [-0.3, -0.25) is 0 Å². The molecule has 0 bridgehead atoms. The van der Waals surface area contributed by atoms with E-state index in [9.17, 15) is 4.79 Å². The molecule has 1 heterocycles. The maximum atomic E-state index is 11.1. The number of allylic oxidation sites excluding steroid dienone is 2. The average molecular weight is 218 g/mol. The molecule has 1 aliphatic heterocycles. The number of fused-ring (bicyclic) bond motifs is 1. The summed E-state index contributed by atoms with van der Waals surface area (Å²) in [6.07, 6.45) is 9.17. The van der Waals surface area contributed by atoms with E-state index in [1.807, 2.05) is 18.6 Å². The molecule has 3 heteroatoms. The van der Waals surface area contributed by atoms with Gasteiger partial charge in [-0.2, -0.15) is 0 Å². The smallest absolute Gasteiger partial charge is 0.333 e. The normalized spacial score (nSPS) is 22.6. The SMILES string of the molecule is CCN(CC)C1=CC=C2C=CC(=O)OC2[CH+]1. The van der Waals surface area contributed by atoms with Crippen molar-refractivity contribution in [3.05, 3.63) is 42.0 Å². The Morgan fingerprint density at radius 3 is 2.75 bits per heavy atom. The molecule has 2 aliphatic rings. The Balaban J connectivity index is 2.18. The van der Waals surface area contributed by atoms with Crippen molar-refractivity contribution < 1.29 is 9.53 Å². The van der Waals surface area contributed by atoms with Crippen LogP contribution >= 0.6 is 0 Å². The molecule has 0 saturated heterocycles. The highest BCUT2D eigenvalue weighted by molar-refractivity contribution is 5.84. The Bertz CT molecular complexity index is 375. The van der Waals surface area contributed by atoms with Gasteiger partial charge in [0.15, 0.2) is 0 Å². The number of carbonyl (C=O) groups is 1. The van der Waals surface area contributed by atoms with Crippen molar-refractivity contribution in [2.75, 3.05) is 13.1 Å². The maximum absolute atomic E-state index is 11.1. The minimum absolute atomic E-state index is 0.210. The van der Waals surface area contributed by atoms with Gasteiger partial charge in [0.2, 0.25) is 11.8 Å². The van der Waals surface area contributed by atoms with E-state index in [4.69, 9.17) is 4.74 Å². The van der Waals surface area contributed by atoms with Crippen LogP contribution in [0.15, 0.2) is 35.6 Å². The Labute approximate surface area is 96.1 Å². The van der Waals surface area contributed by atoms with Gasteiger partial charge in [-0.25, -0.2) is 4.79 Å². The predicted octanol–water partition coefficient (Wildman–Crippen LogP) is 1.84. The van der Waals surface area contributed by atoms with E-state index in [0.717, 1.165) is 24.4 Å². The van der Waals surface area contributed by atoms with Crippen molar-refractivity contribution in [1.82, 2.24) is 4.90 Å². The van der Waals surface area contributed by atoms with Gasteiger partial charge in [0.1, 0.15) is 6.42 Å². The van der Waals surface area contributed by atoms with Crippen LogP contribution in [0.4, 0.5) is 0 Å². The van der Waals surface area contributed by atoms with Gasteiger partial charge < -0.3 is 9.64 Å². The van der Waals surface area contributed by atoms with Gasteiger partial charge in [0, 0.05) is 30.8 Å². The van der Waals surface area contributed by atoms with Gasteiger partial charge in [-0.15, -0.1) is 0 Å². The standard InChI is InChI=1S/C13H16NO2/c1-3-14(4-2)11-7-5-10-6-8-13(15)16-12(10)9-11/h5-9,12H,3-4H2,1-2H3/q+1. The molecule has 0 spiro atoms. The Kier molecular flexibility index (Phi) is 3.04. The summed E-state index contributed by atoms with van der Waals surface area (Å²) < 4.78 is 5.24. The second kappa shape index (κ2) is 4.47. The minimum Gasteiger partial charge on any atom is -0.431 e. The summed E-state index contributed by atoms with van der Waals surface area (Å²) in [4.78, 5) is 13.4. The van der Waals surface area contributed by atoms with Gasteiger partial charge in [-0.05, 0) is 19.9 Å². The minimum atomic E-state index is -0.265. The second-order valence-electron chi connectivity index (χ2n) is 3.79. The number of rotatable bonds is 3. The highest BCUT2D eigenvalue weighted by Gasteiger charge is 2.32. The first-order chi connectivity index (χ1) is 7.74. The molecule has 0 fully saturated rings. The Morgan fingerprint density at radius 1 is 1.31 bits per heavy atom. The zero-order valence-corrected chi connectivity index (χ0v) is 9.64. The van der Waals surface area contributed by atoms with Crippen LogP contribution in [0.5, 0.6) is 0 Å². The molecule has 2 rings (SSSR count). The fourth-order valence-electron chi connectivity index (χ4n) is 1.96. The zero-order chi connectivity index (χ0) is 11.5. The first-order valence-corrected chi connectivity index (χ1v) is 5.65. The molecule has 0 aromatic carbocycles. The highest BCUT2D eigenvalue weighted by atomic mass is 16.5. The number of hydrogen-bond donors (Lipinski definition) is 0. The van der Waals surface area contributed by atoms with Crippen LogP contribution in [0.1, 0.15) is 13.8 Å². The number of nitrogens with zero attached hydrogens (tertiary/aromatic N) is 1. The van der Waals surface area contributed by atoms with E-state index in [-0.39, 0.29) is 12.1 Å². The summed E-state index contributed by atoms with van der Waals surface area (Å²) in [6.45, 7) is 6.14. The number of ether oxygens (including phenoxy) is 1. The molecule has 0 amide bonds. The summed E-state index contributed by atoms with van der Waals surface area (Å²) in [6, 6.07) is 0. The van der Waals surface area contributed by atoms with Crippen molar-refractivity contribution in [3.8, 4) is 0 Å². The largest absolute Gasteiger partial charge is 0.431 e. The summed E-state index contributed by atoms with van der Waals surface area (Å²) >= 11 is 0. The van der Waals surface area contributed by atoms with E-state index in [1.165, 1.54) is 6.08 Å². The van der Waals surface area contributed by atoms with Crippen molar-refractivity contribution >= 4 is 5.97 Å². The number of hydrogen-bond acceptors (Lipinski definition) is 3. The Morgan fingerprint density at radius 2 is 2.06 bits per heavy atom. The predicted molar refractivity (Wildman–Crippen MR) is 62.4 cm³/mol. The first kappa shape index (κ1) is 10.9. The fourth-order valence-corrected chi connectivity index (χ4v) is 1.96. The second-order valence-corrected chi connectivity index (χ2v) is 3.79. The van der Waals surface area contributed by atoms with E-state index >= 15 is 0 Å². The molecule has 0 N–H and O–H groups in total. The van der Waals surface area contributed by atoms with Crippen molar-refractivity contribution in [2.24, 2.45) is 0 Å². The third-order valence-electron chi connectivity index (χ3n) is 2.88. The Hall–Kier alpha value is -1.64. The van der Waals surface area contributed by atoms with Crippen LogP contribution in [0.2, 0.25) is 0 Å². The molecule has 1 aliphatic carbocycles. The zero-order valence-electron chi connectivity index (χ0n) is 9.64. The van der Waals surface area contributed by atoms with Crippen LogP contribution in [-0.4, -0.2) is 30.1 Å². The summed E-state index contributed by atoms with van der Waals surface area (Å²) in [5.41, 5.74) is 2.16. The van der Waals surface area contributed by atoms with E-state index in [0.29, 0.717) is 0 Å². The van der Waals surface area contributed by atoms with Gasteiger partial charge >= 0.3 is 5.97 Å². The molecule has 1 unspecified atom stereocenters. The summed E-state index contributed by atoms with van der Waals surface area (Å²) in [5, 5.41) is 0. The van der Waals surface area contributed by atoms with Crippen LogP contribution in [-0.2, 0) is 9.53 Å². The lowest BCUT2D eigenvalue weighted by Gasteiger charge is -2.25. The lowest BCUT2D eigenvalue weighted by molar-refractivity contribution is -0.140. The molecule has 0 aromatic heterocycles. The molecule has 0 saturated carbocycles. The van der Waals surface area contributed by atoms with E-state index in [1.54, 1.807) is 0 Å². The molecule has 84 valence electrons.